The van der Waals surface area contributed by atoms with Crippen LogP contribution in [-0.4, -0.2) is 103 Å². The molecule has 2 N–H and O–H groups in total. The Kier molecular flexibility index (Phi) is 7.26. The number of carboxylic acid groups (broad SMARTS) is 1. The fourth-order valence-electron chi connectivity index (χ4n) is 3.34. The van der Waals surface area contributed by atoms with Crippen LogP contribution in [0.15, 0.2) is 0 Å². The highest BCUT2D eigenvalue weighted by Crippen LogP contribution is 2.25. The van der Waals surface area contributed by atoms with Crippen molar-refractivity contribution in [1.82, 2.24) is 20.0 Å². The molecule has 8 nitrogen and oxygen atoms in total. The number of carbonyl (C=O) groups is 2. The molecular weight excluding hydrogens is 312 g/mol. The molecular formula is C16H30N4O4. The molecule has 0 aromatic carbocycles. The normalized spacial score (nSPS) is 24.7. The maximum Gasteiger partial charge on any atom is 0.317 e. The van der Waals surface area contributed by atoms with E-state index < -0.39 is 5.97 Å². The van der Waals surface area contributed by atoms with Crippen LogP contribution >= 0.6 is 0 Å². The van der Waals surface area contributed by atoms with Crippen LogP contribution in [0.4, 0.5) is 4.79 Å². The highest BCUT2D eigenvalue weighted by atomic mass is 16.5. The quantitative estimate of drug-likeness (QED) is 0.641. The molecule has 138 valence electrons. The van der Waals surface area contributed by atoms with Gasteiger partial charge in [0.1, 0.15) is 0 Å². The van der Waals surface area contributed by atoms with E-state index in [2.05, 4.69) is 10.2 Å². The molecule has 0 aromatic rings. The fourth-order valence-corrected chi connectivity index (χ4v) is 3.34. The third kappa shape index (κ3) is 5.32. The maximum atomic E-state index is 12.3. The first-order chi connectivity index (χ1) is 11.5. The van der Waals surface area contributed by atoms with Crippen LogP contribution in [0.5, 0.6) is 0 Å². The average Bonchev–Trinajstić information content (AvgIpc) is 2.54. The summed E-state index contributed by atoms with van der Waals surface area (Å²) >= 11 is 0. The summed E-state index contributed by atoms with van der Waals surface area (Å²) in [5, 5.41) is 12.0. The first-order valence-electron chi connectivity index (χ1n) is 8.76. The number of nitrogens with one attached hydrogen (secondary N) is 1. The molecule has 8 heteroatoms. The van der Waals surface area contributed by atoms with Gasteiger partial charge in [0.05, 0.1) is 13.2 Å². The summed E-state index contributed by atoms with van der Waals surface area (Å²) in [5.41, 5.74) is 0. The average molecular weight is 342 g/mol. The van der Waals surface area contributed by atoms with Crippen LogP contribution in [0.2, 0.25) is 0 Å². The van der Waals surface area contributed by atoms with Crippen molar-refractivity contribution in [1.29, 1.82) is 0 Å². The fraction of sp³-hybridized carbons (Fsp3) is 0.875. The lowest BCUT2D eigenvalue weighted by Crippen LogP contribution is -2.59. The topological polar surface area (TPSA) is 85.4 Å². The SMILES string of the molecule is CCN(CC(=O)O)C1CC(NC(=O)N2CCN(CCOC)CC2)C1. The molecule has 2 rings (SSSR count). The van der Waals surface area contributed by atoms with Gasteiger partial charge in [-0.05, 0) is 19.4 Å². The zero-order chi connectivity index (χ0) is 17.5. The minimum absolute atomic E-state index is 0.00567. The number of carbonyl (C=O) groups excluding carboxylic acids is 1. The van der Waals surface area contributed by atoms with Crippen molar-refractivity contribution in [3.63, 3.8) is 0 Å². The molecule has 0 spiro atoms. The Morgan fingerprint density at radius 2 is 1.92 bits per heavy atom. The van der Waals surface area contributed by atoms with E-state index in [-0.39, 0.29) is 24.7 Å². The van der Waals surface area contributed by atoms with Crippen LogP contribution in [0.3, 0.4) is 0 Å². The van der Waals surface area contributed by atoms with Crippen molar-refractivity contribution in [3.05, 3.63) is 0 Å². The van der Waals surface area contributed by atoms with Crippen molar-refractivity contribution < 1.29 is 19.4 Å². The predicted molar refractivity (Wildman–Crippen MR) is 90.1 cm³/mol. The summed E-state index contributed by atoms with van der Waals surface area (Å²) in [6.45, 7) is 7.65. The van der Waals surface area contributed by atoms with Crippen LogP contribution in [0.25, 0.3) is 0 Å². The molecule has 1 heterocycles. The minimum Gasteiger partial charge on any atom is -0.480 e. The summed E-state index contributed by atoms with van der Waals surface area (Å²) < 4.78 is 5.08. The molecule has 2 fully saturated rings. The Labute approximate surface area is 143 Å². The molecule has 0 atom stereocenters. The smallest absolute Gasteiger partial charge is 0.317 e. The minimum atomic E-state index is -0.796. The summed E-state index contributed by atoms with van der Waals surface area (Å²) in [6.07, 6.45) is 1.67. The van der Waals surface area contributed by atoms with E-state index in [1.165, 1.54) is 0 Å². The summed E-state index contributed by atoms with van der Waals surface area (Å²) in [7, 11) is 1.70. The number of ether oxygens (including phenoxy) is 1. The van der Waals surface area contributed by atoms with Crippen LogP contribution in [0.1, 0.15) is 19.8 Å². The van der Waals surface area contributed by atoms with Gasteiger partial charge in [0, 0.05) is 51.9 Å². The second-order valence-electron chi connectivity index (χ2n) is 6.55. The molecule has 0 bridgehead atoms. The van der Waals surface area contributed by atoms with Gasteiger partial charge in [-0.25, -0.2) is 4.79 Å². The first-order valence-corrected chi connectivity index (χ1v) is 8.76. The molecule has 1 aliphatic heterocycles. The van der Waals surface area contributed by atoms with Crippen LogP contribution in [-0.2, 0) is 9.53 Å². The molecule has 1 saturated carbocycles. The van der Waals surface area contributed by atoms with E-state index in [0.29, 0.717) is 0 Å². The van der Waals surface area contributed by atoms with Crippen LogP contribution in [0, 0.1) is 0 Å². The lowest BCUT2D eigenvalue weighted by atomic mass is 9.85. The number of aliphatic carboxylic acids is 1. The molecule has 0 radical (unpaired) electrons. The molecule has 1 saturated heterocycles. The number of carboxylic acids is 1. The number of hydrogen-bond acceptors (Lipinski definition) is 5. The van der Waals surface area contributed by atoms with Gasteiger partial charge in [0.2, 0.25) is 0 Å². The molecule has 2 amide bonds. The van der Waals surface area contributed by atoms with Gasteiger partial charge in [-0.2, -0.15) is 0 Å². The highest BCUT2D eigenvalue weighted by Gasteiger charge is 2.35. The molecule has 24 heavy (non-hydrogen) atoms. The standard InChI is InChI=1S/C16H30N4O4/c1-3-19(12-15(21)22)14-10-13(11-14)17-16(23)20-6-4-18(5-7-20)8-9-24-2/h13-14H,3-12H2,1-2H3,(H,17,23)(H,21,22). The molecule has 1 aliphatic carbocycles. The summed E-state index contributed by atoms with van der Waals surface area (Å²) in [5.74, 6) is -0.796. The molecule has 2 aliphatic rings. The number of nitrogens with zero attached hydrogens (tertiary/aromatic N) is 3. The van der Waals surface area contributed by atoms with Gasteiger partial charge in [-0.15, -0.1) is 0 Å². The largest absolute Gasteiger partial charge is 0.480 e. The highest BCUT2D eigenvalue weighted by molar-refractivity contribution is 5.74. The lowest BCUT2D eigenvalue weighted by Gasteiger charge is -2.43. The number of hydrogen-bond donors (Lipinski definition) is 2. The Balaban J connectivity index is 1.65. The van der Waals surface area contributed by atoms with Crippen molar-refractivity contribution in [2.45, 2.75) is 31.8 Å². The number of methoxy groups -OCH3 is 1. The van der Waals surface area contributed by atoms with Crippen LogP contribution < -0.4 is 5.32 Å². The van der Waals surface area contributed by atoms with E-state index in [1.54, 1.807) is 7.11 Å². The Hall–Kier alpha value is -1.38. The van der Waals surface area contributed by atoms with E-state index in [1.807, 2.05) is 16.7 Å². The monoisotopic (exact) mass is 342 g/mol. The number of piperazine rings is 1. The summed E-state index contributed by atoms with van der Waals surface area (Å²) in [6, 6.07) is 0.435. The van der Waals surface area contributed by atoms with Gasteiger partial charge < -0.3 is 20.1 Å². The zero-order valence-electron chi connectivity index (χ0n) is 14.7. The van der Waals surface area contributed by atoms with Crippen molar-refractivity contribution in [3.8, 4) is 0 Å². The third-order valence-electron chi connectivity index (χ3n) is 4.97. The van der Waals surface area contributed by atoms with Gasteiger partial charge >= 0.3 is 12.0 Å². The van der Waals surface area contributed by atoms with Gasteiger partial charge in [-0.1, -0.05) is 6.92 Å². The van der Waals surface area contributed by atoms with Gasteiger partial charge in [-0.3, -0.25) is 14.6 Å². The lowest BCUT2D eigenvalue weighted by molar-refractivity contribution is -0.139. The second-order valence-corrected chi connectivity index (χ2v) is 6.55. The zero-order valence-corrected chi connectivity index (χ0v) is 14.7. The molecule has 0 aromatic heterocycles. The molecule has 0 unspecified atom stereocenters. The van der Waals surface area contributed by atoms with E-state index in [0.717, 1.165) is 58.7 Å². The van der Waals surface area contributed by atoms with Gasteiger partial charge in [0.25, 0.3) is 0 Å². The van der Waals surface area contributed by atoms with E-state index in [9.17, 15) is 9.59 Å². The maximum absolute atomic E-state index is 12.3. The second kappa shape index (κ2) is 9.19. The third-order valence-corrected chi connectivity index (χ3v) is 4.97. The van der Waals surface area contributed by atoms with Crippen molar-refractivity contribution in [2.75, 3.05) is 59.5 Å². The number of urea groups is 1. The first kappa shape index (κ1) is 19.0. The van der Waals surface area contributed by atoms with E-state index in [4.69, 9.17) is 9.84 Å². The van der Waals surface area contributed by atoms with Gasteiger partial charge in [0.15, 0.2) is 0 Å². The predicted octanol–water partition coefficient (Wildman–Crippen LogP) is -0.102. The Morgan fingerprint density at radius 1 is 1.25 bits per heavy atom. The van der Waals surface area contributed by atoms with Crippen molar-refractivity contribution >= 4 is 12.0 Å². The van der Waals surface area contributed by atoms with E-state index >= 15 is 0 Å². The summed E-state index contributed by atoms with van der Waals surface area (Å²) in [4.78, 5) is 29.3. The number of likely N-dealkylation sites (N-methyl/N-ethyl adjacent to an activating group) is 1. The van der Waals surface area contributed by atoms with Crippen molar-refractivity contribution in [2.24, 2.45) is 0 Å². The number of amides is 2. The Bertz CT molecular complexity index is 420. The Morgan fingerprint density at radius 3 is 2.46 bits per heavy atom. The number of rotatable bonds is 8.